The van der Waals surface area contributed by atoms with Gasteiger partial charge in [0.25, 0.3) is 5.91 Å². The molecule has 1 fully saturated rings. The molecule has 0 spiro atoms. The van der Waals surface area contributed by atoms with Crippen LogP contribution in [0.25, 0.3) is 10.1 Å². The summed E-state index contributed by atoms with van der Waals surface area (Å²) >= 11 is 1.45. The summed E-state index contributed by atoms with van der Waals surface area (Å²) < 4.78 is 46.2. The monoisotopic (exact) mass is 407 g/mol. The van der Waals surface area contributed by atoms with E-state index in [1.165, 1.54) is 23.7 Å². The fourth-order valence-corrected chi connectivity index (χ4v) is 4.00. The second-order valence-electron chi connectivity index (χ2n) is 6.35. The van der Waals surface area contributed by atoms with E-state index in [0.717, 1.165) is 28.0 Å². The van der Waals surface area contributed by atoms with E-state index in [4.69, 9.17) is 0 Å². The maximum atomic E-state index is 12.6. The van der Waals surface area contributed by atoms with Crippen molar-refractivity contribution in [2.45, 2.75) is 6.36 Å². The van der Waals surface area contributed by atoms with Crippen molar-refractivity contribution in [3.8, 4) is 5.75 Å². The number of ether oxygens (including phenoxy) is 1. The largest absolute Gasteiger partial charge is 0.573 e. The first-order chi connectivity index (χ1) is 13.4. The number of hydrogen-bond donors (Lipinski definition) is 0. The number of fused-ring (bicyclic) bond motifs is 1. The van der Waals surface area contributed by atoms with Crippen LogP contribution in [-0.4, -0.2) is 47.7 Å². The van der Waals surface area contributed by atoms with Gasteiger partial charge in [0.2, 0.25) is 0 Å². The highest BCUT2D eigenvalue weighted by molar-refractivity contribution is 7.13. The molecule has 4 rings (SSSR count). The number of anilines is 1. The molecule has 2 heterocycles. The van der Waals surface area contributed by atoms with Crippen LogP contribution < -0.4 is 9.64 Å². The van der Waals surface area contributed by atoms with Gasteiger partial charge in [-0.1, -0.05) is 12.1 Å². The maximum Gasteiger partial charge on any atom is 0.573 e. The fraction of sp³-hybridized carbons (Fsp3) is 0.263. The van der Waals surface area contributed by atoms with Gasteiger partial charge in [-0.25, -0.2) is 0 Å². The summed E-state index contributed by atoms with van der Waals surface area (Å²) in [5.74, 6) is 0.381. The second kappa shape index (κ2) is 7.31. The summed E-state index contributed by atoms with van der Waals surface area (Å²) in [6.45, 7) is 2.33. The van der Waals surface area contributed by atoms with Crippen LogP contribution in [0.15, 0.2) is 48.5 Å². The number of amides is 1. The van der Waals surface area contributed by atoms with Crippen molar-refractivity contribution in [3.05, 3.63) is 54.1 Å². The molecular formula is C19H16F3N3O2S. The van der Waals surface area contributed by atoms with Gasteiger partial charge in [0.05, 0.1) is 4.70 Å². The van der Waals surface area contributed by atoms with Crippen LogP contribution in [-0.2, 0) is 0 Å². The standard InChI is InChI=1S/C19H16F3N3O2S/c20-19(21,22)27-14-7-5-13(6-8-14)18(26)25-11-9-24(10-12-25)17-15-3-1-2-4-16(15)28-23-17/h1-8H,9-12H2. The number of alkyl halides is 3. The smallest absolute Gasteiger partial charge is 0.406 e. The highest BCUT2D eigenvalue weighted by Crippen LogP contribution is 2.30. The Morgan fingerprint density at radius 2 is 1.68 bits per heavy atom. The van der Waals surface area contributed by atoms with Gasteiger partial charge in [0, 0.05) is 37.1 Å². The minimum absolute atomic E-state index is 0.207. The van der Waals surface area contributed by atoms with Crippen molar-refractivity contribution in [2.75, 3.05) is 31.1 Å². The second-order valence-corrected chi connectivity index (χ2v) is 7.16. The molecule has 146 valence electrons. The van der Waals surface area contributed by atoms with Crippen molar-refractivity contribution in [2.24, 2.45) is 0 Å². The van der Waals surface area contributed by atoms with Crippen LogP contribution >= 0.6 is 11.5 Å². The molecule has 1 saturated heterocycles. The Hall–Kier alpha value is -2.81. The summed E-state index contributed by atoms with van der Waals surface area (Å²) in [6.07, 6.45) is -4.75. The molecule has 0 atom stereocenters. The molecule has 2 aromatic carbocycles. The molecule has 1 aliphatic rings. The van der Waals surface area contributed by atoms with E-state index in [0.29, 0.717) is 31.7 Å². The third kappa shape index (κ3) is 3.89. The first-order valence-corrected chi connectivity index (χ1v) is 9.42. The van der Waals surface area contributed by atoms with Crippen LogP contribution in [0, 0.1) is 0 Å². The Bertz CT molecular complexity index is 980. The van der Waals surface area contributed by atoms with Gasteiger partial charge in [-0.3, -0.25) is 4.79 Å². The number of piperazine rings is 1. The van der Waals surface area contributed by atoms with Crippen molar-refractivity contribution in [1.82, 2.24) is 9.27 Å². The molecular weight excluding hydrogens is 391 g/mol. The maximum absolute atomic E-state index is 12.6. The lowest BCUT2D eigenvalue weighted by molar-refractivity contribution is -0.274. The normalized spacial score (nSPS) is 15.1. The fourth-order valence-electron chi connectivity index (χ4n) is 3.20. The average molecular weight is 407 g/mol. The number of carbonyl (C=O) groups is 1. The molecule has 1 amide bonds. The summed E-state index contributed by atoms with van der Waals surface area (Å²) in [5, 5.41) is 1.10. The lowest BCUT2D eigenvalue weighted by atomic mass is 10.1. The Labute approximate surface area is 163 Å². The average Bonchev–Trinajstić information content (AvgIpc) is 3.11. The van der Waals surface area contributed by atoms with Crippen LogP contribution in [0.1, 0.15) is 10.4 Å². The van der Waals surface area contributed by atoms with Gasteiger partial charge >= 0.3 is 6.36 Å². The molecule has 1 aromatic heterocycles. The number of carbonyl (C=O) groups excluding carboxylic acids is 1. The quantitative estimate of drug-likeness (QED) is 0.654. The van der Waals surface area contributed by atoms with Gasteiger partial charge < -0.3 is 14.5 Å². The van der Waals surface area contributed by atoms with E-state index in [-0.39, 0.29) is 11.7 Å². The molecule has 28 heavy (non-hydrogen) atoms. The van der Waals surface area contributed by atoms with Crippen molar-refractivity contribution in [3.63, 3.8) is 0 Å². The summed E-state index contributed by atoms with van der Waals surface area (Å²) in [5.41, 5.74) is 0.335. The summed E-state index contributed by atoms with van der Waals surface area (Å²) in [4.78, 5) is 16.5. The van der Waals surface area contributed by atoms with Gasteiger partial charge in [-0.2, -0.15) is 4.37 Å². The SMILES string of the molecule is O=C(c1ccc(OC(F)(F)F)cc1)N1CCN(c2nsc3ccccc23)CC1. The topological polar surface area (TPSA) is 45.7 Å². The van der Waals surface area contributed by atoms with E-state index in [9.17, 15) is 18.0 Å². The van der Waals surface area contributed by atoms with E-state index in [2.05, 4.69) is 14.0 Å². The zero-order valence-electron chi connectivity index (χ0n) is 14.6. The van der Waals surface area contributed by atoms with Crippen LogP contribution in [0.3, 0.4) is 0 Å². The van der Waals surface area contributed by atoms with E-state index in [1.54, 1.807) is 4.90 Å². The highest BCUT2D eigenvalue weighted by atomic mass is 32.1. The van der Waals surface area contributed by atoms with E-state index < -0.39 is 6.36 Å². The predicted octanol–water partition coefficient (Wildman–Crippen LogP) is 4.16. The van der Waals surface area contributed by atoms with Crippen LogP contribution in [0.5, 0.6) is 5.75 Å². The van der Waals surface area contributed by atoms with Gasteiger partial charge in [0.1, 0.15) is 11.6 Å². The zero-order valence-corrected chi connectivity index (χ0v) is 15.5. The Morgan fingerprint density at radius 1 is 1.00 bits per heavy atom. The van der Waals surface area contributed by atoms with Crippen molar-refractivity contribution < 1.29 is 22.7 Å². The number of benzene rings is 2. The molecule has 0 saturated carbocycles. The third-order valence-corrected chi connectivity index (χ3v) is 5.38. The van der Waals surface area contributed by atoms with E-state index >= 15 is 0 Å². The molecule has 0 unspecified atom stereocenters. The molecule has 5 nitrogen and oxygen atoms in total. The molecule has 0 radical (unpaired) electrons. The molecule has 3 aromatic rings. The van der Waals surface area contributed by atoms with Gasteiger partial charge in [0.15, 0.2) is 0 Å². The summed E-state index contributed by atoms with van der Waals surface area (Å²) in [6, 6.07) is 13.0. The lowest BCUT2D eigenvalue weighted by Gasteiger charge is -2.35. The lowest BCUT2D eigenvalue weighted by Crippen LogP contribution is -2.49. The number of rotatable bonds is 3. The Morgan fingerprint density at radius 3 is 2.36 bits per heavy atom. The van der Waals surface area contributed by atoms with Gasteiger partial charge in [-0.15, -0.1) is 13.2 Å². The molecule has 1 aliphatic heterocycles. The first kappa shape index (κ1) is 18.5. The van der Waals surface area contributed by atoms with Crippen LogP contribution in [0.2, 0.25) is 0 Å². The zero-order chi connectivity index (χ0) is 19.7. The number of halogens is 3. The van der Waals surface area contributed by atoms with Crippen LogP contribution in [0.4, 0.5) is 19.0 Å². The summed E-state index contributed by atoms with van der Waals surface area (Å²) in [7, 11) is 0. The van der Waals surface area contributed by atoms with Gasteiger partial charge in [-0.05, 0) is 47.9 Å². The highest BCUT2D eigenvalue weighted by Gasteiger charge is 2.31. The molecule has 0 aliphatic carbocycles. The Kier molecular flexibility index (Phi) is 4.84. The molecule has 0 bridgehead atoms. The third-order valence-electron chi connectivity index (χ3n) is 4.56. The number of nitrogens with zero attached hydrogens (tertiary/aromatic N) is 3. The van der Waals surface area contributed by atoms with E-state index in [1.807, 2.05) is 24.3 Å². The minimum Gasteiger partial charge on any atom is -0.406 e. The number of hydrogen-bond acceptors (Lipinski definition) is 5. The predicted molar refractivity (Wildman–Crippen MR) is 101 cm³/mol. The first-order valence-electron chi connectivity index (χ1n) is 8.65. The molecule has 9 heteroatoms. The molecule has 0 N–H and O–H groups in total. The Balaban J connectivity index is 1.40. The van der Waals surface area contributed by atoms with Crippen molar-refractivity contribution in [1.29, 1.82) is 0 Å². The minimum atomic E-state index is -4.75. The number of aromatic nitrogens is 1. The van der Waals surface area contributed by atoms with Crippen molar-refractivity contribution >= 4 is 33.3 Å².